The quantitative estimate of drug-likeness (QED) is 0.759. The minimum Gasteiger partial charge on any atom is -0.333 e. The minimum atomic E-state index is 0.609. The summed E-state index contributed by atoms with van der Waals surface area (Å²) in [5.74, 6) is 1.22. The van der Waals surface area contributed by atoms with E-state index in [1.165, 1.54) is 31.8 Å². The lowest BCUT2D eigenvalue weighted by atomic mass is 10.2. The van der Waals surface area contributed by atoms with Crippen LogP contribution in [-0.2, 0) is 13.1 Å². The first kappa shape index (κ1) is 12.6. The molecular weight excluding hydrogens is 212 g/mol. The maximum atomic E-state index is 4.38. The van der Waals surface area contributed by atoms with Gasteiger partial charge in [0.2, 0.25) is 0 Å². The Labute approximate surface area is 104 Å². The van der Waals surface area contributed by atoms with E-state index in [0.29, 0.717) is 6.04 Å². The van der Waals surface area contributed by atoms with E-state index in [2.05, 4.69) is 39.8 Å². The van der Waals surface area contributed by atoms with Crippen molar-refractivity contribution >= 4 is 0 Å². The molecule has 0 saturated heterocycles. The van der Waals surface area contributed by atoms with Crippen molar-refractivity contribution in [1.82, 2.24) is 19.8 Å². The molecule has 17 heavy (non-hydrogen) atoms. The number of unbranched alkanes of at least 4 members (excludes halogenated alkanes) is 1. The zero-order chi connectivity index (χ0) is 12.1. The smallest absolute Gasteiger partial charge is 0.122 e. The van der Waals surface area contributed by atoms with E-state index in [1.54, 1.807) is 0 Å². The Balaban J connectivity index is 1.62. The lowest BCUT2D eigenvalue weighted by Gasteiger charge is -2.27. The molecule has 0 atom stereocenters. The molecule has 2 rings (SSSR count). The topological polar surface area (TPSA) is 33.1 Å². The third-order valence-electron chi connectivity index (χ3n) is 3.28. The van der Waals surface area contributed by atoms with E-state index < -0.39 is 0 Å². The van der Waals surface area contributed by atoms with Gasteiger partial charge in [0.15, 0.2) is 0 Å². The first-order valence-corrected chi connectivity index (χ1v) is 6.71. The molecule has 0 aliphatic carbocycles. The number of rotatable bonds is 6. The lowest BCUT2D eigenvalue weighted by Crippen LogP contribution is -2.34. The van der Waals surface area contributed by atoms with Crippen molar-refractivity contribution in [3.63, 3.8) is 0 Å². The van der Waals surface area contributed by atoms with Crippen LogP contribution in [0.4, 0.5) is 0 Å². The Hall–Kier alpha value is -0.870. The fourth-order valence-electron chi connectivity index (χ4n) is 2.27. The van der Waals surface area contributed by atoms with Crippen molar-refractivity contribution in [3.8, 4) is 0 Å². The summed E-state index contributed by atoms with van der Waals surface area (Å²) in [5.41, 5.74) is 0. The van der Waals surface area contributed by atoms with Crippen LogP contribution < -0.4 is 5.32 Å². The summed E-state index contributed by atoms with van der Waals surface area (Å²) >= 11 is 0. The molecule has 96 valence electrons. The van der Waals surface area contributed by atoms with Gasteiger partial charge in [-0.1, -0.05) is 13.8 Å². The number of fused-ring (bicyclic) bond motifs is 1. The van der Waals surface area contributed by atoms with Crippen molar-refractivity contribution in [3.05, 3.63) is 18.2 Å². The van der Waals surface area contributed by atoms with Crippen LogP contribution in [0.25, 0.3) is 0 Å². The van der Waals surface area contributed by atoms with Gasteiger partial charge in [-0.3, -0.25) is 4.90 Å². The third kappa shape index (κ3) is 3.82. The summed E-state index contributed by atoms with van der Waals surface area (Å²) in [7, 11) is 0. The highest BCUT2D eigenvalue weighted by Gasteiger charge is 2.15. The van der Waals surface area contributed by atoms with Gasteiger partial charge in [0.1, 0.15) is 5.82 Å². The number of nitrogens with one attached hydrogen (secondary N) is 1. The average molecular weight is 236 g/mol. The van der Waals surface area contributed by atoms with Gasteiger partial charge in [0, 0.05) is 31.5 Å². The Morgan fingerprint density at radius 3 is 3.06 bits per heavy atom. The Bertz CT molecular complexity index is 332. The first-order chi connectivity index (χ1) is 8.25. The normalized spacial score (nSPS) is 16.4. The van der Waals surface area contributed by atoms with E-state index in [1.807, 2.05) is 6.20 Å². The van der Waals surface area contributed by atoms with Crippen molar-refractivity contribution < 1.29 is 0 Å². The number of hydrogen-bond donors (Lipinski definition) is 1. The molecule has 0 radical (unpaired) electrons. The number of aromatic nitrogens is 2. The molecule has 1 N–H and O–H groups in total. The van der Waals surface area contributed by atoms with E-state index in [-0.39, 0.29) is 0 Å². The second-order valence-corrected chi connectivity index (χ2v) is 5.13. The molecule has 1 aliphatic heterocycles. The van der Waals surface area contributed by atoms with Gasteiger partial charge >= 0.3 is 0 Å². The summed E-state index contributed by atoms with van der Waals surface area (Å²) in [4.78, 5) is 6.90. The molecule has 1 aromatic heterocycles. The second kappa shape index (κ2) is 6.17. The van der Waals surface area contributed by atoms with Crippen LogP contribution in [0.3, 0.4) is 0 Å². The molecule has 4 heteroatoms. The molecule has 0 spiro atoms. The Kier molecular flexibility index (Phi) is 4.57. The van der Waals surface area contributed by atoms with E-state index in [0.717, 1.165) is 19.6 Å². The van der Waals surface area contributed by atoms with Gasteiger partial charge in [0.25, 0.3) is 0 Å². The fourth-order valence-corrected chi connectivity index (χ4v) is 2.27. The van der Waals surface area contributed by atoms with Crippen molar-refractivity contribution in [2.45, 2.75) is 45.8 Å². The molecule has 0 fully saturated rings. The number of nitrogens with zero attached hydrogens (tertiary/aromatic N) is 3. The predicted octanol–water partition coefficient (Wildman–Crippen LogP) is 1.48. The molecule has 0 saturated carbocycles. The molecule has 4 nitrogen and oxygen atoms in total. The van der Waals surface area contributed by atoms with Gasteiger partial charge in [0.05, 0.1) is 6.54 Å². The molecule has 2 heterocycles. The van der Waals surface area contributed by atoms with Gasteiger partial charge < -0.3 is 9.88 Å². The van der Waals surface area contributed by atoms with Crippen LogP contribution in [0.15, 0.2) is 12.4 Å². The standard InChI is InChI=1S/C13H24N4/c1-12(2)14-5-3-4-7-16-9-10-17-8-6-15-13(17)11-16/h6,8,12,14H,3-5,7,9-11H2,1-2H3. The van der Waals surface area contributed by atoms with Gasteiger partial charge in [-0.05, 0) is 25.9 Å². The number of hydrogen-bond acceptors (Lipinski definition) is 3. The zero-order valence-electron chi connectivity index (χ0n) is 11.0. The molecule has 0 unspecified atom stereocenters. The molecule has 0 amide bonds. The van der Waals surface area contributed by atoms with Crippen molar-refractivity contribution in [2.24, 2.45) is 0 Å². The highest BCUT2D eigenvalue weighted by molar-refractivity contribution is 4.95. The highest BCUT2D eigenvalue weighted by Crippen LogP contribution is 2.10. The summed E-state index contributed by atoms with van der Waals surface area (Å²) in [6, 6.07) is 0.609. The first-order valence-electron chi connectivity index (χ1n) is 6.71. The van der Waals surface area contributed by atoms with Crippen LogP contribution >= 0.6 is 0 Å². The van der Waals surface area contributed by atoms with Crippen molar-refractivity contribution in [1.29, 1.82) is 0 Å². The van der Waals surface area contributed by atoms with Crippen LogP contribution in [0.5, 0.6) is 0 Å². The molecular formula is C13H24N4. The van der Waals surface area contributed by atoms with Crippen molar-refractivity contribution in [2.75, 3.05) is 19.6 Å². The Morgan fingerprint density at radius 2 is 2.24 bits per heavy atom. The number of imidazole rings is 1. The predicted molar refractivity (Wildman–Crippen MR) is 69.9 cm³/mol. The van der Waals surface area contributed by atoms with Gasteiger partial charge in [-0.2, -0.15) is 0 Å². The van der Waals surface area contributed by atoms with E-state index in [9.17, 15) is 0 Å². The Morgan fingerprint density at radius 1 is 1.35 bits per heavy atom. The minimum absolute atomic E-state index is 0.609. The monoisotopic (exact) mass is 236 g/mol. The van der Waals surface area contributed by atoms with Gasteiger partial charge in [-0.25, -0.2) is 4.98 Å². The molecule has 1 aromatic rings. The largest absolute Gasteiger partial charge is 0.333 e. The van der Waals surface area contributed by atoms with Crippen LogP contribution in [0.1, 0.15) is 32.5 Å². The highest BCUT2D eigenvalue weighted by atomic mass is 15.2. The van der Waals surface area contributed by atoms with E-state index >= 15 is 0 Å². The van der Waals surface area contributed by atoms with Crippen LogP contribution in [-0.4, -0.2) is 40.1 Å². The lowest BCUT2D eigenvalue weighted by molar-refractivity contribution is 0.213. The second-order valence-electron chi connectivity index (χ2n) is 5.13. The summed E-state index contributed by atoms with van der Waals surface area (Å²) in [6.45, 7) is 10.0. The third-order valence-corrected chi connectivity index (χ3v) is 3.28. The molecule has 0 aromatic carbocycles. The summed E-state index contributed by atoms with van der Waals surface area (Å²) in [5, 5.41) is 3.46. The summed E-state index contributed by atoms with van der Waals surface area (Å²) < 4.78 is 2.26. The fraction of sp³-hybridized carbons (Fsp3) is 0.769. The SMILES string of the molecule is CC(C)NCCCCN1CCn2ccnc2C1. The summed E-state index contributed by atoms with van der Waals surface area (Å²) in [6.07, 6.45) is 6.54. The molecule has 0 bridgehead atoms. The average Bonchev–Trinajstić information content (AvgIpc) is 2.75. The van der Waals surface area contributed by atoms with Crippen LogP contribution in [0.2, 0.25) is 0 Å². The maximum absolute atomic E-state index is 4.38. The van der Waals surface area contributed by atoms with Gasteiger partial charge in [-0.15, -0.1) is 0 Å². The zero-order valence-corrected chi connectivity index (χ0v) is 11.0. The van der Waals surface area contributed by atoms with E-state index in [4.69, 9.17) is 0 Å². The molecule has 1 aliphatic rings. The maximum Gasteiger partial charge on any atom is 0.122 e. The van der Waals surface area contributed by atoms with Crippen LogP contribution in [0, 0.1) is 0 Å².